The van der Waals surface area contributed by atoms with Gasteiger partial charge in [-0.25, -0.2) is 0 Å². The smallest absolute Gasteiger partial charge is 0.0716 e. The SMILES string of the molecule is CC(C)c1ccc(N(c2ccc(C(C)C)cc2)c2cc(N(c3ccc(C(C)C)cc3)c3ccc(C(C)C)cc3)cc(C3(c4cc(N(c5ccc(C(C)C)cc5)c5ccc(C(C)C)cc5)cc(N(c5ccc(C(C)C)cc5)c5ccc(C(C)C)cc5)c4)c4ccccc4-c4ccccc43)c2)cc1. The van der Waals surface area contributed by atoms with Crippen molar-refractivity contribution in [1.82, 2.24) is 0 Å². The van der Waals surface area contributed by atoms with Crippen LogP contribution in [0.4, 0.5) is 68.2 Å². The molecule has 0 heterocycles. The molecule has 0 fully saturated rings. The van der Waals surface area contributed by atoms with E-state index in [4.69, 9.17) is 0 Å². The van der Waals surface area contributed by atoms with Crippen LogP contribution in [-0.4, -0.2) is 0 Å². The predicted molar refractivity (Wildman–Crippen MR) is 435 cm³/mol. The third-order valence-corrected chi connectivity index (χ3v) is 21.2. The summed E-state index contributed by atoms with van der Waals surface area (Å²) < 4.78 is 0. The first-order chi connectivity index (χ1) is 48.7. The lowest BCUT2D eigenvalue weighted by Crippen LogP contribution is -2.30. The van der Waals surface area contributed by atoms with E-state index in [9.17, 15) is 0 Å². The fourth-order valence-corrected chi connectivity index (χ4v) is 15.0. The normalized spacial score (nSPS) is 12.6. The second-order valence-corrected chi connectivity index (χ2v) is 30.6. The Morgan fingerprint density at radius 1 is 0.178 bits per heavy atom. The van der Waals surface area contributed by atoms with Crippen molar-refractivity contribution in [3.63, 3.8) is 0 Å². The number of rotatable bonds is 22. The minimum Gasteiger partial charge on any atom is -0.310 e. The average molecular weight is 1320 g/mol. The van der Waals surface area contributed by atoms with E-state index in [-0.39, 0.29) is 0 Å². The highest BCUT2D eigenvalue weighted by Gasteiger charge is 2.48. The molecule has 0 amide bonds. The number of hydrogen-bond acceptors (Lipinski definition) is 4. The van der Waals surface area contributed by atoms with Gasteiger partial charge in [-0.1, -0.05) is 256 Å². The highest BCUT2D eigenvalue weighted by molar-refractivity contribution is 5.93. The summed E-state index contributed by atoms with van der Waals surface area (Å²) in [5.41, 5.74) is 29.4. The Morgan fingerprint density at radius 2 is 0.337 bits per heavy atom. The first kappa shape index (κ1) is 69.3. The molecule has 0 saturated carbocycles. The monoisotopic (exact) mass is 1320 g/mol. The van der Waals surface area contributed by atoms with Crippen molar-refractivity contribution >= 4 is 68.2 Å². The van der Waals surface area contributed by atoms with E-state index in [0.29, 0.717) is 47.3 Å². The molecule has 1 aliphatic rings. The van der Waals surface area contributed by atoms with E-state index in [1.165, 1.54) is 66.8 Å². The molecule has 13 rings (SSSR count). The maximum absolute atomic E-state index is 2.55. The van der Waals surface area contributed by atoms with Crippen molar-refractivity contribution in [3.05, 3.63) is 346 Å². The molecule has 510 valence electrons. The molecule has 0 bridgehead atoms. The Balaban J connectivity index is 1.21. The van der Waals surface area contributed by atoms with E-state index in [1.807, 2.05) is 0 Å². The van der Waals surface area contributed by atoms with Crippen molar-refractivity contribution in [2.24, 2.45) is 0 Å². The second-order valence-electron chi connectivity index (χ2n) is 30.6. The van der Waals surface area contributed by atoms with Gasteiger partial charge in [-0.15, -0.1) is 0 Å². The number of nitrogens with zero attached hydrogens (tertiary/aromatic N) is 4. The van der Waals surface area contributed by atoms with E-state index >= 15 is 0 Å². The summed E-state index contributed by atoms with van der Waals surface area (Å²) in [6.45, 7) is 36.6. The molecule has 4 nitrogen and oxygen atoms in total. The number of fused-ring (bicyclic) bond motifs is 3. The summed E-state index contributed by atoms with van der Waals surface area (Å²) in [5.74, 6) is 2.91. The zero-order valence-corrected chi connectivity index (χ0v) is 62.5. The lowest BCUT2D eigenvalue weighted by molar-refractivity contribution is 0.768. The maximum Gasteiger partial charge on any atom is 0.0716 e. The van der Waals surface area contributed by atoms with Gasteiger partial charge in [0, 0.05) is 68.2 Å². The first-order valence-electron chi connectivity index (χ1n) is 37.2. The van der Waals surface area contributed by atoms with Gasteiger partial charge in [0.05, 0.1) is 5.41 Å². The highest BCUT2D eigenvalue weighted by Crippen LogP contribution is 2.60. The Bertz CT molecular complexity index is 4020. The first-order valence-corrected chi connectivity index (χ1v) is 37.2. The quantitative estimate of drug-likeness (QED) is 0.0670. The predicted octanol–water partition coefficient (Wildman–Crippen LogP) is 28.9. The van der Waals surface area contributed by atoms with Crippen LogP contribution in [0.1, 0.15) is 225 Å². The largest absolute Gasteiger partial charge is 0.310 e. The van der Waals surface area contributed by atoms with Crippen molar-refractivity contribution in [2.45, 2.75) is 164 Å². The van der Waals surface area contributed by atoms with E-state index in [1.54, 1.807) is 0 Å². The molecule has 0 aliphatic heterocycles. The van der Waals surface area contributed by atoms with Gasteiger partial charge >= 0.3 is 0 Å². The van der Waals surface area contributed by atoms with Crippen LogP contribution in [0, 0.1) is 0 Å². The summed E-state index contributed by atoms with van der Waals surface area (Å²) in [6, 6.07) is 108. The van der Waals surface area contributed by atoms with Gasteiger partial charge in [0.25, 0.3) is 0 Å². The number of benzene rings is 12. The fourth-order valence-electron chi connectivity index (χ4n) is 15.0. The standard InChI is InChI=1S/C97H102N4/c1-63(2)71-25-41-81(42-26-71)98(82-43-27-72(28-44-82)64(3)4)89-57-79(58-90(61-89)99(83-45-29-73(30-46-83)65(5)6)84-47-31-74(32-48-84)66(7)8)97(95-23-19-17-21-93(95)94-22-18-20-24-96(94)97)80-59-91(100(85-49-33-75(34-50-85)67(9)10)86-51-35-76(36-52-86)68(11)12)62-92(60-80)101(87-53-37-77(38-54-87)69(13)14)88-55-39-78(40-56-88)70(15)16/h17-70H,1-16H3. The van der Waals surface area contributed by atoms with Crippen LogP contribution in [0.25, 0.3) is 11.1 Å². The van der Waals surface area contributed by atoms with Gasteiger partial charge in [0.2, 0.25) is 0 Å². The van der Waals surface area contributed by atoms with Crippen molar-refractivity contribution < 1.29 is 0 Å². The summed E-state index contributed by atoms with van der Waals surface area (Å²) in [6.07, 6.45) is 0. The van der Waals surface area contributed by atoms with Crippen LogP contribution in [0.2, 0.25) is 0 Å². The molecular formula is C97H102N4. The number of anilines is 12. The van der Waals surface area contributed by atoms with Crippen molar-refractivity contribution in [3.8, 4) is 11.1 Å². The molecule has 4 heteroatoms. The van der Waals surface area contributed by atoms with Crippen LogP contribution >= 0.6 is 0 Å². The molecule has 12 aromatic carbocycles. The highest BCUT2D eigenvalue weighted by atomic mass is 15.2. The van der Waals surface area contributed by atoms with Crippen LogP contribution in [0.5, 0.6) is 0 Å². The molecule has 0 aromatic heterocycles. The molecule has 101 heavy (non-hydrogen) atoms. The lowest BCUT2D eigenvalue weighted by Gasteiger charge is -2.39. The van der Waals surface area contributed by atoms with Crippen molar-refractivity contribution in [1.29, 1.82) is 0 Å². The zero-order valence-electron chi connectivity index (χ0n) is 62.5. The Hall–Kier alpha value is -10.2. The molecule has 0 N–H and O–H groups in total. The van der Waals surface area contributed by atoms with E-state index < -0.39 is 5.41 Å². The molecule has 12 aromatic rings. The van der Waals surface area contributed by atoms with Gasteiger partial charge in [0.1, 0.15) is 0 Å². The third kappa shape index (κ3) is 13.8. The van der Waals surface area contributed by atoms with Crippen LogP contribution in [0.3, 0.4) is 0 Å². The summed E-state index contributed by atoms with van der Waals surface area (Å²) in [5, 5.41) is 0. The Labute approximate surface area is 604 Å². The van der Waals surface area contributed by atoms with Gasteiger partial charge in [-0.05, 0) is 259 Å². The zero-order chi connectivity index (χ0) is 71.0. The summed E-state index contributed by atoms with van der Waals surface area (Å²) in [7, 11) is 0. The third-order valence-electron chi connectivity index (χ3n) is 21.2. The summed E-state index contributed by atoms with van der Waals surface area (Å²) >= 11 is 0. The molecule has 0 radical (unpaired) electrons. The van der Waals surface area contributed by atoms with Gasteiger partial charge in [0.15, 0.2) is 0 Å². The Kier molecular flexibility index (Phi) is 20.0. The topological polar surface area (TPSA) is 13.0 Å². The van der Waals surface area contributed by atoms with Crippen LogP contribution in [0.15, 0.2) is 279 Å². The van der Waals surface area contributed by atoms with E-state index in [2.05, 4.69) is 409 Å². The molecular weight excluding hydrogens is 1220 g/mol. The Morgan fingerprint density at radius 3 is 0.495 bits per heavy atom. The van der Waals surface area contributed by atoms with Crippen LogP contribution < -0.4 is 19.6 Å². The fraction of sp³-hybridized carbons (Fsp3) is 0.258. The maximum atomic E-state index is 2.55. The van der Waals surface area contributed by atoms with Gasteiger partial charge in [-0.3, -0.25) is 0 Å². The second kappa shape index (κ2) is 29.2. The minimum absolute atomic E-state index is 0.364. The molecule has 0 saturated heterocycles. The van der Waals surface area contributed by atoms with Gasteiger partial charge < -0.3 is 19.6 Å². The number of hydrogen-bond donors (Lipinski definition) is 0. The van der Waals surface area contributed by atoms with Crippen molar-refractivity contribution in [2.75, 3.05) is 19.6 Å². The average Bonchev–Trinajstić information content (AvgIpc) is 1.72. The lowest BCUT2D eigenvalue weighted by atomic mass is 9.67. The van der Waals surface area contributed by atoms with Crippen LogP contribution in [-0.2, 0) is 5.41 Å². The minimum atomic E-state index is -0.963. The molecule has 0 spiro atoms. The molecule has 1 aliphatic carbocycles. The van der Waals surface area contributed by atoms with Gasteiger partial charge in [-0.2, -0.15) is 0 Å². The summed E-state index contributed by atoms with van der Waals surface area (Å²) in [4.78, 5) is 10.0. The van der Waals surface area contributed by atoms with E-state index in [0.717, 1.165) is 79.4 Å². The molecule has 0 unspecified atom stereocenters. The molecule has 0 atom stereocenters.